The van der Waals surface area contributed by atoms with Crippen molar-refractivity contribution >= 4 is 8.32 Å². The molecule has 0 heterocycles. The highest BCUT2D eigenvalue weighted by molar-refractivity contribution is 6.74. The van der Waals surface area contributed by atoms with Crippen molar-refractivity contribution in [3.05, 3.63) is 0 Å². The topological polar surface area (TPSA) is 9.23 Å². The lowest BCUT2D eigenvalue weighted by Crippen LogP contribution is -2.55. The summed E-state index contributed by atoms with van der Waals surface area (Å²) in [6.45, 7) is 25.0. The molecule has 204 valence electrons. The van der Waals surface area contributed by atoms with E-state index >= 15 is 0 Å². The molecule has 2 heteroatoms. The van der Waals surface area contributed by atoms with E-state index in [2.05, 4.69) is 68.5 Å². The zero-order valence-electron chi connectivity index (χ0n) is 25.5. The monoisotopic (exact) mass is 502 g/mol. The third-order valence-electron chi connectivity index (χ3n) is 13.1. The third-order valence-corrected chi connectivity index (χ3v) is 17.6. The van der Waals surface area contributed by atoms with E-state index in [9.17, 15) is 0 Å². The van der Waals surface area contributed by atoms with Crippen molar-refractivity contribution in [2.45, 2.75) is 157 Å². The van der Waals surface area contributed by atoms with Gasteiger partial charge in [0, 0.05) is 6.10 Å². The zero-order valence-corrected chi connectivity index (χ0v) is 26.5. The van der Waals surface area contributed by atoms with Crippen molar-refractivity contribution in [1.82, 2.24) is 0 Å². The van der Waals surface area contributed by atoms with Gasteiger partial charge in [0.1, 0.15) is 0 Å². The smallest absolute Gasteiger partial charge is 0.192 e. The molecule has 0 aliphatic heterocycles. The molecule has 0 saturated heterocycles. The van der Waals surface area contributed by atoms with Crippen LogP contribution in [0, 0.1) is 52.3 Å². The average Bonchev–Trinajstić information content (AvgIpc) is 3.10. The maximum absolute atomic E-state index is 6.98. The molecule has 0 bridgehead atoms. The second-order valence-corrected chi connectivity index (χ2v) is 21.2. The molecule has 4 fully saturated rings. The molecule has 6 unspecified atom stereocenters. The summed E-state index contributed by atoms with van der Waals surface area (Å²) in [4.78, 5) is 0. The molecule has 4 saturated carbocycles. The van der Waals surface area contributed by atoms with Gasteiger partial charge in [0.15, 0.2) is 8.32 Å². The fraction of sp³-hybridized carbons (Fsp3) is 1.00. The van der Waals surface area contributed by atoms with E-state index < -0.39 is 8.32 Å². The van der Waals surface area contributed by atoms with Gasteiger partial charge in [-0.1, -0.05) is 74.7 Å². The van der Waals surface area contributed by atoms with E-state index in [1.165, 1.54) is 77.0 Å². The van der Waals surface area contributed by atoms with E-state index in [0.717, 1.165) is 41.4 Å². The molecule has 35 heavy (non-hydrogen) atoms. The number of hydrogen-bond donors (Lipinski definition) is 0. The molecule has 0 aromatic carbocycles. The first-order valence-corrected chi connectivity index (χ1v) is 18.8. The Morgan fingerprint density at radius 1 is 0.829 bits per heavy atom. The van der Waals surface area contributed by atoms with Crippen LogP contribution >= 0.6 is 0 Å². The van der Waals surface area contributed by atoms with Crippen molar-refractivity contribution in [3.8, 4) is 0 Å². The molecule has 4 rings (SSSR count). The predicted molar refractivity (Wildman–Crippen MR) is 155 cm³/mol. The Balaban J connectivity index is 1.41. The average molecular weight is 503 g/mol. The first kappa shape index (κ1) is 28.2. The fourth-order valence-electron chi connectivity index (χ4n) is 9.94. The summed E-state index contributed by atoms with van der Waals surface area (Å²) >= 11 is 0. The Bertz CT molecular complexity index is 721. The molecular formula is C33H62OSi. The largest absolute Gasteiger partial charge is 0.414 e. The van der Waals surface area contributed by atoms with Gasteiger partial charge < -0.3 is 4.43 Å². The lowest BCUT2D eigenvalue weighted by atomic mass is 9.44. The molecule has 4 aliphatic rings. The molecule has 0 amide bonds. The second kappa shape index (κ2) is 10.1. The van der Waals surface area contributed by atoms with Crippen molar-refractivity contribution in [3.63, 3.8) is 0 Å². The Morgan fingerprint density at radius 2 is 1.49 bits per heavy atom. The van der Waals surface area contributed by atoms with Gasteiger partial charge in [-0.05, 0) is 128 Å². The molecule has 0 N–H and O–H groups in total. The molecule has 9 atom stereocenters. The van der Waals surface area contributed by atoms with Crippen LogP contribution in [0.4, 0.5) is 0 Å². The minimum absolute atomic E-state index is 0.324. The van der Waals surface area contributed by atoms with E-state index in [1.807, 2.05) is 0 Å². The molecule has 0 spiro atoms. The van der Waals surface area contributed by atoms with Gasteiger partial charge in [-0.3, -0.25) is 0 Å². The summed E-state index contributed by atoms with van der Waals surface area (Å²) in [6, 6.07) is 0. The second-order valence-electron chi connectivity index (χ2n) is 16.5. The van der Waals surface area contributed by atoms with Crippen LogP contribution in [0.15, 0.2) is 0 Å². The van der Waals surface area contributed by atoms with Gasteiger partial charge >= 0.3 is 0 Å². The Hall–Kier alpha value is 0.177. The Kier molecular flexibility index (Phi) is 8.10. The lowest BCUT2D eigenvalue weighted by molar-refractivity contribution is -0.127. The summed E-state index contributed by atoms with van der Waals surface area (Å²) in [5.41, 5.74) is 1.21. The summed E-state index contributed by atoms with van der Waals surface area (Å²) in [6.07, 6.45) is 18.1. The molecule has 0 radical (unpaired) electrons. The van der Waals surface area contributed by atoms with E-state index in [-0.39, 0.29) is 0 Å². The molecular weight excluding hydrogens is 440 g/mol. The normalized spacial score (nSPS) is 42.9. The first-order valence-electron chi connectivity index (χ1n) is 15.9. The lowest BCUT2D eigenvalue weighted by Gasteiger charge is -2.61. The highest BCUT2D eigenvalue weighted by Crippen LogP contribution is 2.68. The first-order chi connectivity index (χ1) is 16.2. The highest BCUT2D eigenvalue weighted by Gasteiger charge is 2.60. The molecule has 0 aromatic rings. The Morgan fingerprint density at radius 3 is 2.14 bits per heavy atom. The van der Waals surface area contributed by atoms with Crippen LogP contribution in [0.1, 0.15) is 132 Å². The van der Waals surface area contributed by atoms with Gasteiger partial charge in [-0.15, -0.1) is 0 Å². The molecule has 4 aliphatic carbocycles. The van der Waals surface area contributed by atoms with Gasteiger partial charge in [0.2, 0.25) is 0 Å². The van der Waals surface area contributed by atoms with Crippen LogP contribution in [0.3, 0.4) is 0 Å². The van der Waals surface area contributed by atoms with Crippen LogP contribution in [-0.4, -0.2) is 14.4 Å². The number of rotatable bonds is 7. The minimum atomic E-state index is -1.67. The van der Waals surface area contributed by atoms with E-state index in [1.54, 1.807) is 0 Å². The van der Waals surface area contributed by atoms with Gasteiger partial charge in [-0.25, -0.2) is 0 Å². The van der Waals surface area contributed by atoms with E-state index in [0.29, 0.717) is 22.0 Å². The standard InChI is InChI=1S/C33H62OSi/c1-23(2)12-11-13-24(3)28-16-17-29-27-15-14-25-22-26(34-35(9,10)31(4,5)6)18-20-32(25,7)30(27)19-21-33(28,29)8/h23-30H,11-22H2,1-10H3/t24?,25?,26-,27?,28?,29?,30?,32-,33+/m0/s1. The summed E-state index contributed by atoms with van der Waals surface area (Å²) in [5.74, 6) is 6.70. The van der Waals surface area contributed by atoms with Crippen LogP contribution in [-0.2, 0) is 4.43 Å². The van der Waals surface area contributed by atoms with Crippen molar-refractivity contribution in [2.24, 2.45) is 52.3 Å². The number of hydrogen-bond acceptors (Lipinski definition) is 1. The summed E-state index contributed by atoms with van der Waals surface area (Å²) < 4.78 is 6.98. The maximum atomic E-state index is 6.98. The van der Waals surface area contributed by atoms with Crippen molar-refractivity contribution in [2.75, 3.05) is 0 Å². The van der Waals surface area contributed by atoms with E-state index in [4.69, 9.17) is 4.43 Å². The SMILES string of the molecule is CC(C)CCCC(C)C1CCC2C3CCC4C[C@@H](O[Si](C)(C)C(C)(C)C)CC[C@]4(C)C3CC[C@]12C. The fourth-order valence-corrected chi connectivity index (χ4v) is 11.3. The van der Waals surface area contributed by atoms with Crippen LogP contribution in [0.25, 0.3) is 0 Å². The number of fused-ring (bicyclic) bond motifs is 5. The van der Waals surface area contributed by atoms with Crippen LogP contribution in [0.2, 0.25) is 18.1 Å². The zero-order chi connectivity index (χ0) is 25.8. The highest BCUT2D eigenvalue weighted by atomic mass is 28.4. The molecule has 0 aromatic heterocycles. The van der Waals surface area contributed by atoms with Crippen LogP contribution < -0.4 is 0 Å². The summed E-state index contributed by atoms with van der Waals surface area (Å²) in [7, 11) is -1.67. The summed E-state index contributed by atoms with van der Waals surface area (Å²) in [5, 5.41) is 0.324. The van der Waals surface area contributed by atoms with Gasteiger partial charge in [0.25, 0.3) is 0 Å². The predicted octanol–water partition coefficient (Wildman–Crippen LogP) is 10.5. The quantitative estimate of drug-likeness (QED) is 0.314. The maximum Gasteiger partial charge on any atom is 0.192 e. The third kappa shape index (κ3) is 5.24. The van der Waals surface area contributed by atoms with Crippen LogP contribution in [0.5, 0.6) is 0 Å². The van der Waals surface area contributed by atoms with Gasteiger partial charge in [-0.2, -0.15) is 0 Å². The molecule has 1 nitrogen and oxygen atoms in total. The van der Waals surface area contributed by atoms with Crippen molar-refractivity contribution in [1.29, 1.82) is 0 Å². The van der Waals surface area contributed by atoms with Crippen molar-refractivity contribution < 1.29 is 4.43 Å². The minimum Gasteiger partial charge on any atom is -0.414 e. The van der Waals surface area contributed by atoms with Gasteiger partial charge in [0.05, 0.1) is 0 Å². The Labute approximate surface area is 221 Å².